The van der Waals surface area contributed by atoms with E-state index in [-0.39, 0.29) is 17.9 Å². The number of methoxy groups -OCH3 is 1. The second-order valence-corrected chi connectivity index (χ2v) is 7.22. The SMILES string of the molecule is COc1ccc(C2=C(N3CCCC(C)C3)C(=O)N(C(C)C)C2=O)cc1. The molecular formula is C20H26N2O3. The summed E-state index contributed by atoms with van der Waals surface area (Å²) in [4.78, 5) is 29.6. The second-order valence-electron chi connectivity index (χ2n) is 7.22. The lowest BCUT2D eigenvalue weighted by Gasteiger charge is -2.33. The monoisotopic (exact) mass is 342 g/mol. The first-order valence-corrected chi connectivity index (χ1v) is 8.95. The molecular weight excluding hydrogens is 316 g/mol. The van der Waals surface area contributed by atoms with Gasteiger partial charge in [0.1, 0.15) is 11.4 Å². The van der Waals surface area contributed by atoms with Crippen LogP contribution in [0.2, 0.25) is 0 Å². The van der Waals surface area contributed by atoms with E-state index in [0.717, 1.165) is 37.2 Å². The number of piperidine rings is 1. The third-order valence-electron chi connectivity index (χ3n) is 4.96. The smallest absolute Gasteiger partial charge is 0.278 e. The van der Waals surface area contributed by atoms with Crippen LogP contribution in [-0.2, 0) is 9.59 Å². The number of ether oxygens (including phenoxy) is 1. The maximum absolute atomic E-state index is 13.1. The average Bonchev–Trinajstić information content (AvgIpc) is 2.85. The van der Waals surface area contributed by atoms with E-state index in [1.807, 2.05) is 38.1 Å². The number of imide groups is 1. The molecule has 1 aromatic carbocycles. The number of carbonyl (C=O) groups excluding carboxylic acids is 2. The molecule has 0 N–H and O–H groups in total. The van der Waals surface area contributed by atoms with Gasteiger partial charge in [-0.2, -0.15) is 0 Å². The lowest BCUT2D eigenvalue weighted by molar-refractivity contribution is -0.139. The minimum absolute atomic E-state index is 0.159. The van der Waals surface area contributed by atoms with Gasteiger partial charge >= 0.3 is 0 Å². The fourth-order valence-electron chi connectivity index (χ4n) is 3.71. The molecule has 0 radical (unpaired) electrons. The van der Waals surface area contributed by atoms with Crippen LogP contribution in [0, 0.1) is 5.92 Å². The molecule has 2 amide bonds. The van der Waals surface area contributed by atoms with E-state index in [4.69, 9.17) is 4.74 Å². The standard InChI is InChI=1S/C20H26N2O3/c1-13(2)22-19(23)17(15-7-9-16(25-4)10-8-15)18(20(22)24)21-11-5-6-14(3)12-21/h7-10,13-14H,5-6,11-12H2,1-4H3. The van der Waals surface area contributed by atoms with Crippen molar-refractivity contribution in [3.8, 4) is 5.75 Å². The van der Waals surface area contributed by atoms with Crippen molar-refractivity contribution in [2.24, 2.45) is 5.92 Å². The molecule has 1 fully saturated rings. The van der Waals surface area contributed by atoms with Gasteiger partial charge in [-0.05, 0) is 50.3 Å². The number of benzene rings is 1. The van der Waals surface area contributed by atoms with Crippen molar-refractivity contribution in [3.63, 3.8) is 0 Å². The Labute approximate surface area is 149 Å². The highest BCUT2D eigenvalue weighted by Gasteiger charge is 2.43. The lowest BCUT2D eigenvalue weighted by atomic mass is 9.98. The van der Waals surface area contributed by atoms with Crippen LogP contribution in [0.1, 0.15) is 39.2 Å². The molecule has 3 rings (SSSR count). The van der Waals surface area contributed by atoms with E-state index in [0.29, 0.717) is 17.2 Å². The van der Waals surface area contributed by atoms with Gasteiger partial charge in [-0.3, -0.25) is 14.5 Å². The highest BCUT2D eigenvalue weighted by atomic mass is 16.5. The molecule has 5 nitrogen and oxygen atoms in total. The molecule has 1 unspecified atom stereocenters. The molecule has 0 saturated carbocycles. The third kappa shape index (κ3) is 3.15. The van der Waals surface area contributed by atoms with Crippen molar-refractivity contribution in [1.29, 1.82) is 0 Å². The first kappa shape index (κ1) is 17.5. The molecule has 1 saturated heterocycles. The first-order valence-electron chi connectivity index (χ1n) is 8.95. The van der Waals surface area contributed by atoms with E-state index in [1.165, 1.54) is 4.90 Å². The summed E-state index contributed by atoms with van der Waals surface area (Å²) in [6, 6.07) is 7.21. The van der Waals surface area contributed by atoms with E-state index in [9.17, 15) is 9.59 Å². The summed E-state index contributed by atoms with van der Waals surface area (Å²) in [6.45, 7) is 7.60. The summed E-state index contributed by atoms with van der Waals surface area (Å²) < 4.78 is 5.21. The molecule has 2 heterocycles. The van der Waals surface area contributed by atoms with Gasteiger partial charge in [0.05, 0.1) is 12.7 Å². The van der Waals surface area contributed by atoms with Crippen molar-refractivity contribution in [2.45, 2.75) is 39.7 Å². The van der Waals surface area contributed by atoms with Crippen LogP contribution in [0.25, 0.3) is 5.57 Å². The van der Waals surface area contributed by atoms with Crippen LogP contribution < -0.4 is 4.74 Å². The maximum atomic E-state index is 13.1. The molecule has 2 aliphatic heterocycles. The number of hydrogen-bond acceptors (Lipinski definition) is 4. The number of likely N-dealkylation sites (tertiary alicyclic amines) is 1. The number of amides is 2. The van der Waals surface area contributed by atoms with Gasteiger partial charge < -0.3 is 9.64 Å². The normalized spacial score (nSPS) is 21.6. The fraction of sp³-hybridized carbons (Fsp3) is 0.500. The van der Waals surface area contributed by atoms with Crippen molar-refractivity contribution in [2.75, 3.05) is 20.2 Å². The Balaban J connectivity index is 2.08. The van der Waals surface area contributed by atoms with Gasteiger partial charge in [-0.1, -0.05) is 19.1 Å². The molecule has 5 heteroatoms. The minimum atomic E-state index is -0.196. The molecule has 0 aliphatic carbocycles. The summed E-state index contributed by atoms with van der Waals surface area (Å²) in [5.74, 6) is 0.891. The van der Waals surface area contributed by atoms with Crippen LogP contribution in [0.5, 0.6) is 5.75 Å². The second kappa shape index (κ2) is 6.90. The highest BCUT2D eigenvalue weighted by Crippen LogP contribution is 2.35. The number of rotatable bonds is 4. The van der Waals surface area contributed by atoms with Crippen LogP contribution in [0.15, 0.2) is 30.0 Å². The topological polar surface area (TPSA) is 49.9 Å². The highest BCUT2D eigenvalue weighted by molar-refractivity contribution is 6.35. The van der Waals surface area contributed by atoms with Crippen LogP contribution in [-0.4, -0.2) is 47.9 Å². The number of nitrogens with zero attached hydrogens (tertiary/aromatic N) is 2. The average molecular weight is 342 g/mol. The Morgan fingerprint density at radius 1 is 1.12 bits per heavy atom. The Bertz CT molecular complexity index is 706. The van der Waals surface area contributed by atoms with E-state index >= 15 is 0 Å². The van der Waals surface area contributed by atoms with Crippen LogP contribution >= 0.6 is 0 Å². The van der Waals surface area contributed by atoms with Gasteiger partial charge in [0.2, 0.25) is 0 Å². The zero-order valence-electron chi connectivity index (χ0n) is 15.4. The molecule has 2 aliphatic rings. The van der Waals surface area contributed by atoms with Gasteiger partial charge in [0.25, 0.3) is 11.8 Å². The predicted octanol–water partition coefficient (Wildman–Crippen LogP) is 2.92. The maximum Gasteiger partial charge on any atom is 0.278 e. The zero-order chi connectivity index (χ0) is 18.1. The van der Waals surface area contributed by atoms with Crippen LogP contribution in [0.3, 0.4) is 0 Å². The summed E-state index contributed by atoms with van der Waals surface area (Å²) in [7, 11) is 1.61. The van der Waals surface area contributed by atoms with Gasteiger partial charge in [-0.15, -0.1) is 0 Å². The van der Waals surface area contributed by atoms with Crippen LogP contribution in [0.4, 0.5) is 0 Å². The lowest BCUT2D eigenvalue weighted by Crippen LogP contribution is -2.41. The molecule has 134 valence electrons. The molecule has 1 aromatic rings. The largest absolute Gasteiger partial charge is 0.497 e. The fourth-order valence-corrected chi connectivity index (χ4v) is 3.71. The van der Waals surface area contributed by atoms with Crippen molar-refractivity contribution in [3.05, 3.63) is 35.5 Å². The minimum Gasteiger partial charge on any atom is -0.497 e. The Morgan fingerprint density at radius 2 is 1.80 bits per heavy atom. The number of carbonyl (C=O) groups is 2. The van der Waals surface area contributed by atoms with Crippen molar-refractivity contribution >= 4 is 17.4 Å². The van der Waals surface area contributed by atoms with E-state index < -0.39 is 0 Å². The van der Waals surface area contributed by atoms with E-state index in [1.54, 1.807) is 7.11 Å². The molecule has 0 spiro atoms. The predicted molar refractivity (Wildman–Crippen MR) is 96.9 cm³/mol. The van der Waals surface area contributed by atoms with Gasteiger partial charge in [-0.25, -0.2) is 0 Å². The molecule has 0 aromatic heterocycles. The Morgan fingerprint density at radius 3 is 2.36 bits per heavy atom. The molecule has 1 atom stereocenters. The summed E-state index contributed by atoms with van der Waals surface area (Å²) in [6.07, 6.45) is 2.21. The van der Waals surface area contributed by atoms with Gasteiger partial charge in [0.15, 0.2) is 0 Å². The molecule has 0 bridgehead atoms. The van der Waals surface area contributed by atoms with Crippen molar-refractivity contribution in [1.82, 2.24) is 9.80 Å². The Hall–Kier alpha value is -2.30. The Kier molecular flexibility index (Phi) is 4.84. The first-order chi connectivity index (χ1) is 11.9. The number of hydrogen-bond donors (Lipinski definition) is 0. The zero-order valence-corrected chi connectivity index (χ0v) is 15.4. The third-order valence-corrected chi connectivity index (χ3v) is 4.96. The summed E-state index contributed by atoms with van der Waals surface area (Å²) >= 11 is 0. The quantitative estimate of drug-likeness (QED) is 0.790. The summed E-state index contributed by atoms with van der Waals surface area (Å²) in [5, 5.41) is 0. The van der Waals surface area contributed by atoms with E-state index in [2.05, 4.69) is 11.8 Å². The van der Waals surface area contributed by atoms with Crippen molar-refractivity contribution < 1.29 is 14.3 Å². The molecule has 25 heavy (non-hydrogen) atoms. The summed E-state index contributed by atoms with van der Waals surface area (Å²) in [5.41, 5.74) is 1.86. The van der Waals surface area contributed by atoms with Gasteiger partial charge in [0, 0.05) is 19.1 Å².